The quantitative estimate of drug-likeness (QED) is 0.834. The van der Waals surface area contributed by atoms with Gasteiger partial charge in [-0.1, -0.05) is 12.1 Å². The fourth-order valence-electron chi connectivity index (χ4n) is 2.77. The molecule has 1 N–H and O–H groups in total. The number of hydrogen-bond acceptors (Lipinski definition) is 3. The van der Waals surface area contributed by atoms with Gasteiger partial charge in [-0.2, -0.15) is 0 Å². The molecule has 1 aromatic carbocycles. The summed E-state index contributed by atoms with van der Waals surface area (Å²) in [5, 5.41) is 3.29. The zero-order chi connectivity index (χ0) is 13.0. The van der Waals surface area contributed by atoms with Crippen LogP contribution in [-0.2, 0) is 6.54 Å². The van der Waals surface area contributed by atoms with E-state index in [1.165, 1.54) is 18.4 Å². The molecule has 0 amide bonds. The second-order valence-electron chi connectivity index (χ2n) is 5.23. The lowest BCUT2D eigenvalue weighted by molar-refractivity contribution is 0.0793. The first-order valence-electron chi connectivity index (χ1n) is 6.72. The normalized spacial score (nSPS) is 22.9. The third kappa shape index (κ3) is 3.03. The van der Waals surface area contributed by atoms with Crippen LogP contribution in [0.2, 0.25) is 0 Å². The fourth-order valence-corrected chi connectivity index (χ4v) is 2.77. The average Bonchev–Trinajstić information content (AvgIpc) is 2.35. The van der Waals surface area contributed by atoms with Gasteiger partial charge in [-0.3, -0.25) is 4.90 Å². The van der Waals surface area contributed by atoms with Gasteiger partial charge in [-0.25, -0.2) is 0 Å². The number of methoxy groups -OCH3 is 1. The lowest BCUT2D eigenvalue weighted by atomic mass is 9.78. The molecule has 0 aromatic heterocycles. The predicted octanol–water partition coefficient (Wildman–Crippen LogP) is 2.12. The molecule has 0 heterocycles. The van der Waals surface area contributed by atoms with Gasteiger partial charge in [0.15, 0.2) is 0 Å². The first-order chi connectivity index (χ1) is 8.74. The lowest BCUT2D eigenvalue weighted by Crippen LogP contribution is -2.48. The molecule has 2 unspecified atom stereocenters. The van der Waals surface area contributed by atoms with Crippen molar-refractivity contribution in [1.29, 1.82) is 0 Å². The van der Waals surface area contributed by atoms with Crippen molar-refractivity contribution in [3.63, 3.8) is 0 Å². The maximum Gasteiger partial charge on any atom is 0.118 e. The second kappa shape index (κ2) is 6.21. The first-order valence-corrected chi connectivity index (χ1v) is 6.72. The van der Waals surface area contributed by atoms with Gasteiger partial charge in [-0.05, 0) is 57.1 Å². The minimum Gasteiger partial charge on any atom is -0.497 e. The minimum atomic E-state index is 0.736. The van der Waals surface area contributed by atoms with Crippen molar-refractivity contribution in [2.24, 2.45) is 5.92 Å². The largest absolute Gasteiger partial charge is 0.497 e. The highest BCUT2D eigenvalue weighted by atomic mass is 16.5. The monoisotopic (exact) mass is 248 g/mol. The van der Waals surface area contributed by atoms with Crippen LogP contribution in [0.3, 0.4) is 0 Å². The van der Waals surface area contributed by atoms with Crippen molar-refractivity contribution >= 4 is 0 Å². The van der Waals surface area contributed by atoms with Crippen molar-refractivity contribution < 1.29 is 4.74 Å². The Morgan fingerprint density at radius 3 is 2.50 bits per heavy atom. The van der Waals surface area contributed by atoms with Gasteiger partial charge >= 0.3 is 0 Å². The number of benzene rings is 1. The molecule has 0 radical (unpaired) electrons. The Balaban J connectivity index is 1.88. The maximum absolute atomic E-state index is 5.18. The molecule has 1 aliphatic rings. The van der Waals surface area contributed by atoms with E-state index < -0.39 is 0 Å². The summed E-state index contributed by atoms with van der Waals surface area (Å²) in [6.07, 6.45) is 2.69. The Bertz CT molecular complexity index is 363. The summed E-state index contributed by atoms with van der Waals surface area (Å²) < 4.78 is 5.18. The van der Waals surface area contributed by atoms with Gasteiger partial charge in [0.25, 0.3) is 0 Å². The molecule has 18 heavy (non-hydrogen) atoms. The smallest absolute Gasteiger partial charge is 0.118 e. The van der Waals surface area contributed by atoms with Crippen LogP contribution in [0.1, 0.15) is 18.4 Å². The Morgan fingerprint density at radius 1 is 1.28 bits per heavy atom. The summed E-state index contributed by atoms with van der Waals surface area (Å²) in [5.74, 6) is 1.75. The van der Waals surface area contributed by atoms with Crippen LogP contribution in [0.25, 0.3) is 0 Å². The predicted molar refractivity (Wildman–Crippen MR) is 74.9 cm³/mol. The fraction of sp³-hybridized carbons (Fsp3) is 0.600. The Hall–Kier alpha value is -1.06. The van der Waals surface area contributed by atoms with Crippen LogP contribution in [0.5, 0.6) is 5.75 Å². The van der Waals surface area contributed by atoms with Gasteiger partial charge < -0.3 is 10.1 Å². The summed E-state index contributed by atoms with van der Waals surface area (Å²) >= 11 is 0. The van der Waals surface area contributed by atoms with Crippen molar-refractivity contribution in [3.8, 4) is 5.75 Å². The van der Waals surface area contributed by atoms with Crippen molar-refractivity contribution in [1.82, 2.24) is 10.2 Å². The van der Waals surface area contributed by atoms with Gasteiger partial charge in [0.1, 0.15) is 5.75 Å². The highest BCUT2D eigenvalue weighted by Gasteiger charge is 2.32. The molecule has 2 rings (SSSR count). The van der Waals surface area contributed by atoms with E-state index in [1.807, 2.05) is 19.2 Å². The SMILES string of the molecule is CNCC1CCC1N(C)Cc1ccc(OC)cc1. The molecule has 0 spiro atoms. The third-order valence-electron chi connectivity index (χ3n) is 4.00. The van der Waals surface area contributed by atoms with Crippen LogP contribution in [0.15, 0.2) is 24.3 Å². The molecule has 1 saturated carbocycles. The minimum absolute atomic E-state index is 0.736. The number of rotatable bonds is 6. The summed E-state index contributed by atoms with van der Waals surface area (Å²) in [6.45, 7) is 2.16. The molecule has 2 atom stereocenters. The summed E-state index contributed by atoms with van der Waals surface area (Å²) in [7, 11) is 5.98. The number of nitrogens with zero attached hydrogens (tertiary/aromatic N) is 1. The van der Waals surface area contributed by atoms with Crippen molar-refractivity contribution in [2.45, 2.75) is 25.4 Å². The maximum atomic E-state index is 5.18. The van der Waals surface area contributed by atoms with Crippen molar-refractivity contribution in [2.75, 3.05) is 27.7 Å². The molecule has 3 heteroatoms. The lowest BCUT2D eigenvalue weighted by Gasteiger charge is -2.43. The first kappa shape index (κ1) is 13.4. The average molecular weight is 248 g/mol. The molecule has 0 bridgehead atoms. The molecule has 1 aromatic rings. The number of ether oxygens (including phenoxy) is 1. The van der Waals surface area contributed by atoms with Crippen LogP contribution >= 0.6 is 0 Å². The number of nitrogens with one attached hydrogen (secondary N) is 1. The van der Waals surface area contributed by atoms with Gasteiger partial charge in [0.05, 0.1) is 7.11 Å². The van der Waals surface area contributed by atoms with Gasteiger partial charge in [0.2, 0.25) is 0 Å². The Labute approximate surface area is 110 Å². The van der Waals surface area contributed by atoms with E-state index in [4.69, 9.17) is 4.74 Å². The molecule has 3 nitrogen and oxygen atoms in total. The molecule has 1 aliphatic carbocycles. The summed E-state index contributed by atoms with van der Waals surface area (Å²) in [5.41, 5.74) is 1.36. The molecule has 0 aliphatic heterocycles. The van der Waals surface area contributed by atoms with E-state index in [0.717, 1.165) is 30.8 Å². The van der Waals surface area contributed by atoms with E-state index >= 15 is 0 Å². The van der Waals surface area contributed by atoms with E-state index in [0.29, 0.717) is 0 Å². The van der Waals surface area contributed by atoms with Gasteiger partial charge in [0, 0.05) is 12.6 Å². The van der Waals surface area contributed by atoms with E-state index in [9.17, 15) is 0 Å². The number of hydrogen-bond donors (Lipinski definition) is 1. The third-order valence-corrected chi connectivity index (χ3v) is 4.00. The highest BCUT2D eigenvalue weighted by molar-refractivity contribution is 5.27. The molecule has 1 fully saturated rings. The van der Waals surface area contributed by atoms with Gasteiger partial charge in [-0.15, -0.1) is 0 Å². The van der Waals surface area contributed by atoms with E-state index in [-0.39, 0.29) is 0 Å². The van der Waals surface area contributed by atoms with Crippen LogP contribution in [-0.4, -0.2) is 38.7 Å². The highest BCUT2D eigenvalue weighted by Crippen LogP contribution is 2.31. The molecular formula is C15H24N2O. The van der Waals surface area contributed by atoms with Crippen LogP contribution in [0.4, 0.5) is 0 Å². The summed E-state index contributed by atoms with van der Waals surface area (Å²) in [6, 6.07) is 9.12. The van der Waals surface area contributed by atoms with Crippen LogP contribution < -0.4 is 10.1 Å². The second-order valence-corrected chi connectivity index (χ2v) is 5.23. The zero-order valence-corrected chi connectivity index (χ0v) is 11.6. The Kier molecular flexibility index (Phi) is 4.61. The molecule has 100 valence electrons. The van der Waals surface area contributed by atoms with Crippen LogP contribution in [0, 0.1) is 5.92 Å². The summed E-state index contributed by atoms with van der Waals surface area (Å²) in [4.78, 5) is 2.48. The standard InChI is InChI=1S/C15H24N2O/c1-16-10-13-6-9-15(13)17(2)11-12-4-7-14(18-3)8-5-12/h4-5,7-8,13,15-16H,6,9-11H2,1-3H3. The Morgan fingerprint density at radius 2 is 2.00 bits per heavy atom. The molecular weight excluding hydrogens is 224 g/mol. The van der Waals surface area contributed by atoms with Crippen molar-refractivity contribution in [3.05, 3.63) is 29.8 Å². The van der Waals surface area contributed by atoms with E-state index in [2.05, 4.69) is 29.4 Å². The van der Waals surface area contributed by atoms with E-state index in [1.54, 1.807) is 7.11 Å². The topological polar surface area (TPSA) is 24.5 Å². The zero-order valence-electron chi connectivity index (χ0n) is 11.6. The molecule has 0 saturated heterocycles.